The number of carbonyl (C=O) groups is 2. The van der Waals surface area contributed by atoms with Crippen molar-refractivity contribution in [2.24, 2.45) is 0 Å². The molecule has 28 heavy (non-hydrogen) atoms. The van der Waals surface area contributed by atoms with Crippen LogP contribution >= 0.6 is 0 Å². The molecule has 0 saturated carbocycles. The topological polar surface area (TPSA) is 58.6 Å². The van der Waals surface area contributed by atoms with Crippen molar-refractivity contribution in [1.82, 2.24) is 4.90 Å². The van der Waals surface area contributed by atoms with Crippen LogP contribution in [-0.4, -0.2) is 36.8 Å². The lowest BCUT2D eigenvalue weighted by molar-refractivity contribution is -0.114. The smallest absolute Gasteiger partial charge is 0.221 e. The molecule has 1 aliphatic heterocycles. The molecule has 1 N–H and O–H groups in total. The SMILES string of the molecule is COc1ccc(C(=O)C=C2CCN(Cc3ccccc3)CC2)cc1NC(C)=O. The van der Waals surface area contributed by atoms with E-state index in [0.29, 0.717) is 17.0 Å². The molecule has 0 bridgehead atoms. The molecule has 0 unspecified atom stereocenters. The fourth-order valence-electron chi connectivity index (χ4n) is 3.40. The zero-order valence-electron chi connectivity index (χ0n) is 16.4. The second kappa shape index (κ2) is 9.33. The monoisotopic (exact) mass is 378 g/mol. The summed E-state index contributed by atoms with van der Waals surface area (Å²) in [5.41, 5.74) is 3.54. The highest BCUT2D eigenvalue weighted by atomic mass is 16.5. The lowest BCUT2D eigenvalue weighted by Gasteiger charge is -2.28. The van der Waals surface area contributed by atoms with E-state index in [1.54, 1.807) is 24.3 Å². The van der Waals surface area contributed by atoms with Crippen LogP contribution < -0.4 is 10.1 Å². The number of ether oxygens (including phenoxy) is 1. The van der Waals surface area contributed by atoms with E-state index in [9.17, 15) is 9.59 Å². The van der Waals surface area contributed by atoms with Gasteiger partial charge >= 0.3 is 0 Å². The Bertz CT molecular complexity index is 865. The Morgan fingerprint density at radius 3 is 2.46 bits per heavy atom. The molecule has 1 amide bonds. The molecule has 0 aromatic heterocycles. The highest BCUT2D eigenvalue weighted by Crippen LogP contribution is 2.26. The van der Waals surface area contributed by atoms with Crippen molar-refractivity contribution in [2.75, 3.05) is 25.5 Å². The first kappa shape index (κ1) is 19.8. The van der Waals surface area contributed by atoms with Gasteiger partial charge in [0.05, 0.1) is 12.8 Å². The quantitative estimate of drug-likeness (QED) is 0.608. The van der Waals surface area contributed by atoms with Crippen molar-refractivity contribution in [1.29, 1.82) is 0 Å². The van der Waals surface area contributed by atoms with Crippen LogP contribution in [0.15, 0.2) is 60.2 Å². The van der Waals surface area contributed by atoms with Gasteiger partial charge in [-0.25, -0.2) is 0 Å². The van der Waals surface area contributed by atoms with Gasteiger partial charge in [0.25, 0.3) is 0 Å². The molecule has 1 aliphatic rings. The van der Waals surface area contributed by atoms with Gasteiger partial charge in [-0.05, 0) is 42.7 Å². The first-order valence-electron chi connectivity index (χ1n) is 9.51. The van der Waals surface area contributed by atoms with Crippen LogP contribution in [0.4, 0.5) is 5.69 Å². The van der Waals surface area contributed by atoms with E-state index in [4.69, 9.17) is 4.74 Å². The second-order valence-electron chi connectivity index (χ2n) is 7.02. The molecule has 0 spiro atoms. The summed E-state index contributed by atoms with van der Waals surface area (Å²) in [5.74, 6) is 0.293. The van der Waals surface area contributed by atoms with Gasteiger partial charge in [0.15, 0.2) is 5.78 Å². The summed E-state index contributed by atoms with van der Waals surface area (Å²) in [4.78, 5) is 26.5. The molecule has 0 atom stereocenters. The van der Waals surface area contributed by atoms with E-state index in [2.05, 4.69) is 34.5 Å². The van der Waals surface area contributed by atoms with Crippen molar-refractivity contribution in [2.45, 2.75) is 26.3 Å². The third-order valence-electron chi connectivity index (χ3n) is 4.88. The summed E-state index contributed by atoms with van der Waals surface area (Å²) < 4.78 is 5.24. The lowest BCUT2D eigenvalue weighted by Crippen LogP contribution is -2.30. The Labute approximate surface area is 166 Å². The molecular formula is C23H26N2O3. The maximum Gasteiger partial charge on any atom is 0.221 e. The van der Waals surface area contributed by atoms with E-state index in [1.165, 1.54) is 25.2 Å². The molecule has 5 nitrogen and oxygen atoms in total. The molecule has 3 rings (SSSR count). The minimum atomic E-state index is -0.202. The number of methoxy groups -OCH3 is 1. The maximum atomic E-state index is 12.7. The van der Waals surface area contributed by atoms with Crippen LogP contribution in [-0.2, 0) is 11.3 Å². The molecule has 0 aliphatic carbocycles. The van der Waals surface area contributed by atoms with Crippen LogP contribution in [0.5, 0.6) is 5.75 Å². The number of rotatable bonds is 6. The standard InChI is InChI=1S/C23H26N2O3/c1-17(26)24-21-15-20(8-9-23(21)28-2)22(27)14-18-10-12-25(13-11-18)16-19-6-4-3-5-7-19/h3-9,14-15H,10-13,16H2,1-2H3,(H,24,26). The molecule has 1 saturated heterocycles. The van der Waals surface area contributed by atoms with Crippen LogP contribution in [0.25, 0.3) is 0 Å². The number of benzene rings is 2. The molecule has 146 valence electrons. The fourth-order valence-corrected chi connectivity index (χ4v) is 3.40. The third kappa shape index (κ3) is 5.30. The number of nitrogens with one attached hydrogen (secondary N) is 1. The van der Waals surface area contributed by atoms with E-state index in [1.807, 2.05) is 6.07 Å². The summed E-state index contributed by atoms with van der Waals surface area (Å²) >= 11 is 0. The number of hydrogen-bond donors (Lipinski definition) is 1. The van der Waals surface area contributed by atoms with Gasteiger partial charge in [-0.3, -0.25) is 14.5 Å². The summed E-state index contributed by atoms with van der Waals surface area (Å²) in [6, 6.07) is 15.6. The van der Waals surface area contributed by atoms with Crippen molar-refractivity contribution in [3.63, 3.8) is 0 Å². The Morgan fingerprint density at radius 2 is 1.82 bits per heavy atom. The van der Waals surface area contributed by atoms with Crippen LogP contribution in [0, 0.1) is 0 Å². The van der Waals surface area contributed by atoms with Crippen molar-refractivity contribution < 1.29 is 14.3 Å². The molecule has 1 fully saturated rings. The van der Waals surface area contributed by atoms with Gasteiger partial charge in [-0.2, -0.15) is 0 Å². The average Bonchev–Trinajstić information content (AvgIpc) is 2.70. The van der Waals surface area contributed by atoms with Crippen molar-refractivity contribution in [3.8, 4) is 5.75 Å². The molecule has 5 heteroatoms. The Balaban J connectivity index is 1.63. The van der Waals surface area contributed by atoms with Crippen LogP contribution in [0.1, 0.15) is 35.7 Å². The molecule has 1 heterocycles. The van der Waals surface area contributed by atoms with E-state index in [0.717, 1.165) is 32.5 Å². The third-order valence-corrected chi connectivity index (χ3v) is 4.88. The van der Waals surface area contributed by atoms with Gasteiger partial charge in [0.1, 0.15) is 5.75 Å². The molecule has 2 aromatic rings. The number of hydrogen-bond acceptors (Lipinski definition) is 4. The zero-order valence-corrected chi connectivity index (χ0v) is 16.4. The molecule has 2 aromatic carbocycles. The second-order valence-corrected chi connectivity index (χ2v) is 7.02. The van der Waals surface area contributed by atoms with Crippen LogP contribution in [0.2, 0.25) is 0 Å². The van der Waals surface area contributed by atoms with Crippen LogP contribution in [0.3, 0.4) is 0 Å². The van der Waals surface area contributed by atoms with Gasteiger partial charge in [-0.15, -0.1) is 0 Å². The number of carbonyl (C=O) groups excluding carboxylic acids is 2. The van der Waals surface area contributed by atoms with E-state index < -0.39 is 0 Å². The van der Waals surface area contributed by atoms with E-state index in [-0.39, 0.29) is 11.7 Å². The molecule has 0 radical (unpaired) electrons. The van der Waals surface area contributed by atoms with Gasteiger partial charge in [-0.1, -0.05) is 35.9 Å². The Morgan fingerprint density at radius 1 is 1.11 bits per heavy atom. The first-order chi connectivity index (χ1) is 13.5. The first-order valence-corrected chi connectivity index (χ1v) is 9.51. The van der Waals surface area contributed by atoms with Gasteiger partial charge in [0.2, 0.25) is 5.91 Å². The Kier molecular flexibility index (Phi) is 6.61. The predicted octanol–water partition coefficient (Wildman–Crippen LogP) is 4.06. The minimum Gasteiger partial charge on any atom is -0.495 e. The predicted molar refractivity (Wildman–Crippen MR) is 111 cm³/mol. The van der Waals surface area contributed by atoms with E-state index >= 15 is 0 Å². The normalized spacial score (nSPS) is 14.4. The number of amides is 1. The highest BCUT2D eigenvalue weighted by molar-refractivity contribution is 6.06. The number of piperidine rings is 1. The molecular weight excluding hydrogens is 352 g/mol. The summed E-state index contributed by atoms with van der Waals surface area (Å²) in [6.07, 6.45) is 3.54. The maximum absolute atomic E-state index is 12.7. The fraction of sp³-hybridized carbons (Fsp3) is 0.304. The lowest BCUT2D eigenvalue weighted by atomic mass is 9.99. The number of nitrogens with zero attached hydrogens (tertiary/aromatic N) is 1. The van der Waals surface area contributed by atoms with Gasteiger partial charge < -0.3 is 10.1 Å². The highest BCUT2D eigenvalue weighted by Gasteiger charge is 2.16. The number of allylic oxidation sites excluding steroid dienone is 1. The zero-order chi connectivity index (χ0) is 19.9. The largest absolute Gasteiger partial charge is 0.495 e. The number of anilines is 1. The number of likely N-dealkylation sites (tertiary alicyclic amines) is 1. The Hall–Kier alpha value is -2.92. The summed E-state index contributed by atoms with van der Waals surface area (Å²) in [6.45, 7) is 4.28. The average molecular weight is 378 g/mol. The van der Waals surface area contributed by atoms with Crippen molar-refractivity contribution in [3.05, 3.63) is 71.3 Å². The van der Waals surface area contributed by atoms with Gasteiger partial charge in [0, 0.05) is 32.1 Å². The summed E-state index contributed by atoms with van der Waals surface area (Å²) in [5, 5.41) is 2.71. The number of ketones is 1. The minimum absolute atomic E-state index is 0.0410. The summed E-state index contributed by atoms with van der Waals surface area (Å²) in [7, 11) is 1.54. The van der Waals surface area contributed by atoms with Crippen molar-refractivity contribution >= 4 is 17.4 Å².